The first-order chi connectivity index (χ1) is 33.9. The van der Waals surface area contributed by atoms with E-state index in [0.717, 1.165) is 11.1 Å². The van der Waals surface area contributed by atoms with Crippen LogP contribution in [0.1, 0.15) is 67.8 Å². The van der Waals surface area contributed by atoms with Gasteiger partial charge in [-0.1, -0.05) is 127 Å². The minimum absolute atomic E-state index is 0.0506. The maximum absolute atomic E-state index is 13.9. The zero-order valence-corrected chi connectivity index (χ0v) is 37.5. The number of aliphatic hydroxyl groups excluding tert-OH is 1. The Bertz CT molecular complexity index is 2430. The van der Waals surface area contributed by atoms with Gasteiger partial charge in [-0.2, -0.15) is 0 Å². The van der Waals surface area contributed by atoms with E-state index in [0.29, 0.717) is 25.8 Å². The molecular weight excluding hydrogens is 891 g/mol. The lowest BCUT2D eigenvalue weighted by atomic mass is 9.96. The number of ether oxygens (including phenoxy) is 10. The van der Waals surface area contributed by atoms with E-state index >= 15 is 0 Å². The molecule has 3 fully saturated rings. The summed E-state index contributed by atoms with van der Waals surface area (Å²) in [4.78, 5) is 43.7. The van der Waals surface area contributed by atoms with Crippen molar-refractivity contribution in [3.8, 4) is 0 Å². The molecule has 17 heteroatoms. The van der Waals surface area contributed by atoms with Crippen LogP contribution in [-0.2, 0) is 54.0 Å². The lowest BCUT2D eigenvalue weighted by Crippen LogP contribution is -2.64. The van der Waals surface area contributed by atoms with Crippen LogP contribution in [0, 0.1) is 0 Å². The highest BCUT2D eigenvalue weighted by molar-refractivity contribution is 5.90. The summed E-state index contributed by atoms with van der Waals surface area (Å²) >= 11 is 0. The normalized spacial score (nSPS) is 25.6. The number of esters is 3. The first-order valence-corrected chi connectivity index (χ1v) is 22.8. The van der Waals surface area contributed by atoms with Crippen LogP contribution in [0.4, 0.5) is 0 Å². The molecule has 8 rings (SSSR count). The second-order valence-corrected chi connectivity index (χ2v) is 16.4. The number of rotatable bonds is 21. The van der Waals surface area contributed by atoms with Crippen LogP contribution >= 0.6 is 0 Å². The number of nitrogens with zero attached hydrogens (tertiary/aromatic N) is 3. The Morgan fingerprint density at radius 3 is 1.93 bits per heavy atom. The maximum atomic E-state index is 13.9. The molecular formula is C52H53N3O14. The average molecular weight is 944 g/mol. The van der Waals surface area contributed by atoms with Gasteiger partial charge in [-0.25, -0.2) is 14.4 Å². The zero-order chi connectivity index (χ0) is 47.8. The molecule has 3 aliphatic heterocycles. The fraction of sp³-hybridized carbons (Fsp3) is 0.365. The van der Waals surface area contributed by atoms with Crippen molar-refractivity contribution in [2.75, 3.05) is 26.4 Å². The Kier molecular flexibility index (Phi) is 17.5. The SMILES string of the molecule is [N-]=[N+]=NCCCCCOC1OC2COC(c3ccccc3)OC2C(OC2OC([C@@H](COC(=O)c3ccccc3)OC(=O)c3ccccc3)C(O)C2OC(=O)c2ccccc2)C1OCc1ccccc1. The van der Waals surface area contributed by atoms with Gasteiger partial charge in [-0.05, 0) is 60.3 Å². The van der Waals surface area contributed by atoms with Crippen LogP contribution in [0.5, 0.6) is 0 Å². The maximum Gasteiger partial charge on any atom is 0.338 e. The van der Waals surface area contributed by atoms with Crippen molar-refractivity contribution in [1.29, 1.82) is 0 Å². The van der Waals surface area contributed by atoms with Gasteiger partial charge >= 0.3 is 17.9 Å². The summed E-state index contributed by atoms with van der Waals surface area (Å²) in [6.07, 6.45) is -11.7. The van der Waals surface area contributed by atoms with E-state index in [1.165, 1.54) is 0 Å². The van der Waals surface area contributed by atoms with Gasteiger partial charge in [0.2, 0.25) is 0 Å². The number of carbonyl (C=O) groups excluding carboxylic acids is 3. The van der Waals surface area contributed by atoms with Crippen LogP contribution in [0.3, 0.4) is 0 Å². The van der Waals surface area contributed by atoms with Crippen molar-refractivity contribution in [1.82, 2.24) is 0 Å². The third kappa shape index (κ3) is 13.0. The summed E-state index contributed by atoms with van der Waals surface area (Å²) in [6.45, 7) is 0.156. The first kappa shape index (κ1) is 48.9. The number of aliphatic hydroxyl groups is 1. The molecule has 0 aliphatic carbocycles. The summed E-state index contributed by atoms with van der Waals surface area (Å²) in [6, 6.07) is 43.3. The van der Waals surface area contributed by atoms with E-state index in [2.05, 4.69) is 10.0 Å². The summed E-state index contributed by atoms with van der Waals surface area (Å²) in [7, 11) is 0. The monoisotopic (exact) mass is 943 g/mol. The Labute approximate surface area is 398 Å². The first-order valence-electron chi connectivity index (χ1n) is 22.8. The van der Waals surface area contributed by atoms with Crippen molar-refractivity contribution < 1.29 is 66.9 Å². The summed E-state index contributed by atoms with van der Waals surface area (Å²) in [5.74, 6) is -2.32. The van der Waals surface area contributed by atoms with E-state index in [1.807, 2.05) is 60.7 Å². The molecule has 0 amide bonds. The minimum Gasteiger partial charge on any atom is -0.458 e. The van der Waals surface area contributed by atoms with Gasteiger partial charge in [0.15, 0.2) is 31.1 Å². The van der Waals surface area contributed by atoms with E-state index in [9.17, 15) is 19.5 Å². The molecule has 0 aromatic heterocycles. The second kappa shape index (κ2) is 24.7. The van der Waals surface area contributed by atoms with Crippen molar-refractivity contribution in [2.24, 2.45) is 5.11 Å². The molecule has 0 bridgehead atoms. The van der Waals surface area contributed by atoms with Gasteiger partial charge in [0.25, 0.3) is 0 Å². The Hall–Kier alpha value is -6.50. The second-order valence-electron chi connectivity index (χ2n) is 16.4. The van der Waals surface area contributed by atoms with E-state index in [1.54, 1.807) is 91.0 Å². The number of hydrogen-bond donors (Lipinski definition) is 1. The molecule has 3 heterocycles. The zero-order valence-electron chi connectivity index (χ0n) is 37.5. The number of benzene rings is 5. The summed E-state index contributed by atoms with van der Waals surface area (Å²) in [5, 5.41) is 15.9. The number of carbonyl (C=O) groups is 3. The highest BCUT2D eigenvalue weighted by Crippen LogP contribution is 2.40. The number of fused-ring (bicyclic) bond motifs is 1. The summed E-state index contributed by atoms with van der Waals surface area (Å²) < 4.78 is 64.0. The lowest BCUT2D eigenvalue weighted by molar-refractivity contribution is -0.384. The van der Waals surface area contributed by atoms with Crippen molar-refractivity contribution in [2.45, 2.75) is 93.6 Å². The van der Waals surface area contributed by atoms with Crippen LogP contribution in [0.25, 0.3) is 10.4 Å². The molecule has 0 saturated carbocycles. The minimum atomic E-state index is -1.73. The summed E-state index contributed by atoms with van der Waals surface area (Å²) in [5.41, 5.74) is 10.9. The van der Waals surface area contributed by atoms with Gasteiger partial charge in [-0.15, -0.1) is 0 Å². The molecule has 0 spiro atoms. The molecule has 10 unspecified atom stereocenters. The molecule has 3 aliphatic rings. The largest absolute Gasteiger partial charge is 0.458 e. The third-order valence-corrected chi connectivity index (χ3v) is 11.7. The molecule has 69 heavy (non-hydrogen) atoms. The molecule has 1 N–H and O–H groups in total. The van der Waals surface area contributed by atoms with Gasteiger partial charge in [0.05, 0.1) is 29.9 Å². The topological polar surface area (TPSA) is 212 Å². The number of hydrogen-bond acceptors (Lipinski definition) is 15. The quantitative estimate of drug-likeness (QED) is 0.0187. The molecule has 11 atom stereocenters. The number of unbranched alkanes of at least 4 members (excludes halogenated alkanes) is 2. The highest BCUT2D eigenvalue weighted by Gasteiger charge is 2.57. The van der Waals surface area contributed by atoms with Crippen molar-refractivity contribution in [3.63, 3.8) is 0 Å². The number of azide groups is 1. The predicted molar refractivity (Wildman–Crippen MR) is 245 cm³/mol. The standard InChI is InChI=1S/C52H53N3O14/c53-55-54-29-17-6-18-30-60-51-46(61-31-34-19-7-1-8-20-34)45(43-40(65-51)33-63-50(68-43)38-27-15-5-16-28-38)69-52-44(66-49(59)37-25-13-4-14-26-37)41(56)42(67-52)39(64-48(58)36-23-11-3-12-24-36)32-62-47(57)35-21-9-2-10-22-35/h1-5,7-16,19-28,39-46,50-52,56H,6,17-18,29-33H2/t39-,40?,41?,42?,43?,44?,45?,46?,50?,51?,52?/m1/s1. The van der Waals surface area contributed by atoms with E-state index in [-0.39, 0.29) is 36.5 Å². The van der Waals surface area contributed by atoms with Gasteiger partial charge in [0.1, 0.15) is 43.2 Å². The Balaban J connectivity index is 1.14. The predicted octanol–water partition coefficient (Wildman–Crippen LogP) is 7.69. The Morgan fingerprint density at radius 1 is 0.667 bits per heavy atom. The van der Waals surface area contributed by atoms with Gasteiger partial charge < -0.3 is 52.5 Å². The molecule has 5 aromatic carbocycles. The van der Waals surface area contributed by atoms with Crippen molar-refractivity contribution >= 4 is 17.9 Å². The Morgan fingerprint density at radius 2 is 1.28 bits per heavy atom. The third-order valence-electron chi connectivity index (χ3n) is 11.7. The van der Waals surface area contributed by atoms with Crippen LogP contribution in [0.2, 0.25) is 0 Å². The molecule has 360 valence electrons. The molecule has 3 saturated heterocycles. The average Bonchev–Trinajstić information content (AvgIpc) is 3.70. The van der Waals surface area contributed by atoms with E-state index < -0.39 is 92.2 Å². The molecule has 0 radical (unpaired) electrons. The fourth-order valence-electron chi connectivity index (χ4n) is 8.18. The molecule has 5 aromatic rings. The van der Waals surface area contributed by atoms with Gasteiger partial charge in [0, 0.05) is 23.6 Å². The smallest absolute Gasteiger partial charge is 0.338 e. The fourth-order valence-corrected chi connectivity index (χ4v) is 8.18. The van der Waals surface area contributed by atoms with Crippen LogP contribution < -0.4 is 0 Å². The molecule has 17 nitrogen and oxygen atoms in total. The van der Waals surface area contributed by atoms with Crippen LogP contribution in [0.15, 0.2) is 157 Å². The lowest BCUT2D eigenvalue weighted by Gasteiger charge is -2.49. The van der Waals surface area contributed by atoms with Crippen molar-refractivity contribution in [3.05, 3.63) is 190 Å². The van der Waals surface area contributed by atoms with Crippen LogP contribution in [-0.4, -0.2) is 111 Å². The van der Waals surface area contributed by atoms with Gasteiger partial charge in [-0.3, -0.25) is 0 Å². The highest BCUT2D eigenvalue weighted by atomic mass is 16.8. The van der Waals surface area contributed by atoms with E-state index in [4.69, 9.17) is 52.9 Å².